The Labute approximate surface area is 124 Å². The minimum atomic E-state index is 0.0621. The molecule has 0 saturated heterocycles. The van der Waals surface area contributed by atoms with Gasteiger partial charge in [0.05, 0.1) is 11.6 Å². The highest BCUT2D eigenvalue weighted by Crippen LogP contribution is 2.26. The van der Waals surface area contributed by atoms with Gasteiger partial charge in [-0.05, 0) is 53.9 Å². The molecule has 3 nitrogen and oxygen atoms in total. The molecule has 19 heavy (non-hydrogen) atoms. The van der Waals surface area contributed by atoms with E-state index in [1.807, 2.05) is 36.9 Å². The Morgan fingerprint density at radius 3 is 2.37 bits per heavy atom. The van der Waals surface area contributed by atoms with Gasteiger partial charge in [0, 0.05) is 18.2 Å². The first kappa shape index (κ1) is 16.0. The van der Waals surface area contributed by atoms with Crippen LogP contribution >= 0.6 is 15.9 Å². The number of rotatable bonds is 5. The number of nitrogens with zero attached hydrogens (tertiary/aromatic N) is 1. The van der Waals surface area contributed by atoms with Gasteiger partial charge in [-0.25, -0.2) is 0 Å². The topological polar surface area (TPSA) is 29.5 Å². The average molecular weight is 328 g/mol. The quantitative estimate of drug-likeness (QED) is 0.819. The largest absolute Gasteiger partial charge is 0.496 e. The molecule has 1 amide bonds. The van der Waals surface area contributed by atoms with Crippen molar-refractivity contribution in [2.24, 2.45) is 5.92 Å². The van der Waals surface area contributed by atoms with Crippen molar-refractivity contribution in [2.45, 2.75) is 33.7 Å². The third kappa shape index (κ3) is 4.23. The van der Waals surface area contributed by atoms with Gasteiger partial charge < -0.3 is 9.64 Å². The SMILES string of the molecule is COc1ccc(C(=O)N(CC(C)C)C(C)C)cc1Br. The van der Waals surface area contributed by atoms with Crippen molar-refractivity contribution in [1.29, 1.82) is 0 Å². The van der Waals surface area contributed by atoms with Gasteiger partial charge in [-0.1, -0.05) is 13.8 Å². The molecule has 1 aromatic carbocycles. The molecule has 0 aliphatic heterocycles. The minimum absolute atomic E-state index is 0.0621. The highest BCUT2D eigenvalue weighted by atomic mass is 79.9. The van der Waals surface area contributed by atoms with E-state index in [1.54, 1.807) is 7.11 Å². The molecule has 0 aromatic heterocycles. The molecular weight excluding hydrogens is 306 g/mol. The second-order valence-corrected chi connectivity index (χ2v) is 6.15. The summed E-state index contributed by atoms with van der Waals surface area (Å²) in [6.45, 7) is 9.08. The van der Waals surface area contributed by atoms with Crippen LogP contribution < -0.4 is 4.74 Å². The molecule has 1 aromatic rings. The molecule has 0 radical (unpaired) electrons. The summed E-state index contributed by atoms with van der Waals surface area (Å²) in [6, 6.07) is 5.62. The van der Waals surface area contributed by atoms with Crippen LogP contribution in [0, 0.1) is 5.92 Å². The van der Waals surface area contributed by atoms with E-state index in [1.165, 1.54) is 0 Å². The molecule has 0 spiro atoms. The summed E-state index contributed by atoms with van der Waals surface area (Å²) in [6.07, 6.45) is 0. The third-order valence-corrected chi connectivity index (χ3v) is 3.46. The fourth-order valence-electron chi connectivity index (χ4n) is 1.89. The lowest BCUT2D eigenvalue weighted by Gasteiger charge is -2.28. The van der Waals surface area contributed by atoms with Crippen molar-refractivity contribution in [3.05, 3.63) is 28.2 Å². The molecule has 0 N–H and O–H groups in total. The van der Waals surface area contributed by atoms with Gasteiger partial charge in [0.25, 0.3) is 5.91 Å². The van der Waals surface area contributed by atoms with Crippen molar-refractivity contribution < 1.29 is 9.53 Å². The zero-order valence-corrected chi connectivity index (χ0v) is 13.8. The second-order valence-electron chi connectivity index (χ2n) is 5.29. The Balaban J connectivity index is 2.99. The molecule has 0 fully saturated rings. The first-order valence-electron chi connectivity index (χ1n) is 6.51. The normalized spacial score (nSPS) is 10.9. The van der Waals surface area contributed by atoms with Crippen LogP contribution in [-0.4, -0.2) is 30.5 Å². The highest BCUT2D eigenvalue weighted by Gasteiger charge is 2.20. The number of benzene rings is 1. The van der Waals surface area contributed by atoms with Crippen molar-refractivity contribution in [3.63, 3.8) is 0 Å². The Hall–Kier alpha value is -1.03. The second kappa shape index (κ2) is 6.94. The van der Waals surface area contributed by atoms with E-state index in [-0.39, 0.29) is 11.9 Å². The van der Waals surface area contributed by atoms with Gasteiger partial charge in [-0.15, -0.1) is 0 Å². The number of carbonyl (C=O) groups excluding carboxylic acids is 1. The van der Waals surface area contributed by atoms with Crippen LogP contribution in [0.3, 0.4) is 0 Å². The standard InChI is InChI=1S/C15H22BrNO2/c1-10(2)9-17(11(3)4)15(18)12-6-7-14(19-5)13(16)8-12/h6-8,10-11H,9H2,1-5H3. The van der Waals surface area contributed by atoms with Gasteiger partial charge in [0.2, 0.25) is 0 Å². The van der Waals surface area contributed by atoms with Crippen molar-refractivity contribution in [1.82, 2.24) is 4.90 Å². The van der Waals surface area contributed by atoms with Crippen LogP contribution in [0.4, 0.5) is 0 Å². The van der Waals surface area contributed by atoms with Crippen molar-refractivity contribution >= 4 is 21.8 Å². The summed E-state index contributed by atoms with van der Waals surface area (Å²) < 4.78 is 5.98. The molecule has 4 heteroatoms. The smallest absolute Gasteiger partial charge is 0.254 e. The van der Waals surface area contributed by atoms with Gasteiger partial charge in [-0.2, -0.15) is 0 Å². The fourth-order valence-corrected chi connectivity index (χ4v) is 2.43. The number of ether oxygens (including phenoxy) is 1. The molecule has 1 rings (SSSR count). The zero-order valence-electron chi connectivity index (χ0n) is 12.2. The Morgan fingerprint density at radius 1 is 1.32 bits per heavy atom. The first-order chi connectivity index (χ1) is 8.86. The lowest BCUT2D eigenvalue weighted by molar-refractivity contribution is 0.0682. The minimum Gasteiger partial charge on any atom is -0.496 e. The number of methoxy groups -OCH3 is 1. The Bertz CT molecular complexity index is 444. The van der Waals surface area contributed by atoms with Crippen molar-refractivity contribution in [3.8, 4) is 5.75 Å². The molecule has 0 aliphatic carbocycles. The van der Waals surface area contributed by atoms with Gasteiger partial charge in [-0.3, -0.25) is 4.79 Å². The summed E-state index contributed by atoms with van der Waals surface area (Å²) in [4.78, 5) is 14.4. The van der Waals surface area contributed by atoms with Gasteiger partial charge in [0.1, 0.15) is 5.75 Å². The van der Waals surface area contributed by atoms with Crippen LogP contribution in [0.25, 0.3) is 0 Å². The zero-order chi connectivity index (χ0) is 14.6. The highest BCUT2D eigenvalue weighted by molar-refractivity contribution is 9.10. The molecule has 0 heterocycles. The average Bonchev–Trinajstić information content (AvgIpc) is 2.34. The Morgan fingerprint density at radius 2 is 1.95 bits per heavy atom. The Kier molecular flexibility index (Phi) is 5.85. The van der Waals surface area contributed by atoms with Crippen LogP contribution in [0.2, 0.25) is 0 Å². The monoisotopic (exact) mass is 327 g/mol. The predicted molar refractivity (Wildman–Crippen MR) is 81.7 cm³/mol. The van der Waals surface area contributed by atoms with Gasteiger partial charge in [0.15, 0.2) is 0 Å². The van der Waals surface area contributed by atoms with Crippen LogP contribution in [0.5, 0.6) is 5.75 Å². The molecule has 0 saturated carbocycles. The van der Waals surface area contributed by atoms with E-state index in [9.17, 15) is 4.79 Å². The summed E-state index contributed by atoms with van der Waals surface area (Å²) in [7, 11) is 1.61. The van der Waals surface area contributed by atoms with Crippen molar-refractivity contribution in [2.75, 3.05) is 13.7 Å². The van der Waals surface area contributed by atoms with E-state index in [0.29, 0.717) is 11.5 Å². The maximum Gasteiger partial charge on any atom is 0.254 e. The molecular formula is C15H22BrNO2. The molecule has 0 aliphatic rings. The molecule has 0 unspecified atom stereocenters. The lowest BCUT2D eigenvalue weighted by Crippen LogP contribution is -2.39. The first-order valence-corrected chi connectivity index (χ1v) is 7.30. The molecule has 0 bridgehead atoms. The summed E-state index contributed by atoms with van der Waals surface area (Å²) in [5, 5.41) is 0. The molecule has 0 atom stereocenters. The van der Waals surface area contributed by atoms with Crippen LogP contribution in [-0.2, 0) is 0 Å². The number of halogens is 1. The van der Waals surface area contributed by atoms with E-state index in [0.717, 1.165) is 16.8 Å². The maximum absolute atomic E-state index is 12.5. The summed E-state index contributed by atoms with van der Waals surface area (Å²) >= 11 is 3.42. The fraction of sp³-hybridized carbons (Fsp3) is 0.533. The van der Waals surface area contributed by atoms with E-state index < -0.39 is 0 Å². The van der Waals surface area contributed by atoms with Gasteiger partial charge >= 0.3 is 0 Å². The maximum atomic E-state index is 12.5. The number of carbonyl (C=O) groups is 1. The lowest BCUT2D eigenvalue weighted by atomic mass is 10.1. The summed E-state index contributed by atoms with van der Waals surface area (Å²) in [5.41, 5.74) is 0.682. The number of amides is 1. The summed E-state index contributed by atoms with van der Waals surface area (Å²) in [5.74, 6) is 1.25. The number of hydrogen-bond donors (Lipinski definition) is 0. The van der Waals surface area contributed by atoms with E-state index >= 15 is 0 Å². The van der Waals surface area contributed by atoms with Crippen LogP contribution in [0.1, 0.15) is 38.1 Å². The molecule has 106 valence electrons. The van der Waals surface area contributed by atoms with E-state index in [2.05, 4.69) is 29.8 Å². The predicted octanol–water partition coefficient (Wildman–Crippen LogP) is 3.96. The van der Waals surface area contributed by atoms with Crippen LogP contribution in [0.15, 0.2) is 22.7 Å². The number of hydrogen-bond acceptors (Lipinski definition) is 2. The third-order valence-electron chi connectivity index (χ3n) is 2.84. The van der Waals surface area contributed by atoms with E-state index in [4.69, 9.17) is 4.74 Å².